The van der Waals surface area contributed by atoms with Gasteiger partial charge in [-0.1, -0.05) is 56.9 Å². The Bertz CT molecular complexity index is 602. The van der Waals surface area contributed by atoms with Gasteiger partial charge in [-0.3, -0.25) is 9.78 Å². The second-order valence-electron chi connectivity index (χ2n) is 6.35. The van der Waals surface area contributed by atoms with Crippen molar-refractivity contribution in [3.05, 3.63) is 30.1 Å². The molecule has 26 heavy (non-hydrogen) atoms. The van der Waals surface area contributed by atoms with Crippen molar-refractivity contribution >= 4 is 5.97 Å². The second-order valence-corrected chi connectivity index (χ2v) is 6.35. The average molecular weight is 354 g/mol. The average Bonchev–Trinajstić information content (AvgIpc) is 2.67. The van der Waals surface area contributed by atoms with Crippen molar-refractivity contribution in [3.8, 4) is 23.7 Å². The second kappa shape index (κ2) is 16.2. The summed E-state index contributed by atoms with van der Waals surface area (Å²) in [7, 11) is 0. The molecule has 0 radical (unpaired) electrons. The molecule has 1 aromatic heterocycles. The molecule has 0 aromatic carbocycles. The summed E-state index contributed by atoms with van der Waals surface area (Å²) in [6.45, 7) is 2.49. The lowest BCUT2D eigenvalue weighted by Gasteiger charge is -2.04. The highest BCUT2D eigenvalue weighted by Crippen LogP contribution is 2.09. The van der Waals surface area contributed by atoms with Crippen LogP contribution in [0.4, 0.5) is 0 Å². The van der Waals surface area contributed by atoms with Crippen molar-refractivity contribution in [1.29, 1.82) is 0 Å². The van der Waals surface area contributed by atoms with E-state index < -0.39 is 0 Å². The normalized spacial score (nSPS) is 9.58. The summed E-state index contributed by atoms with van der Waals surface area (Å²) < 4.78 is 5.24. The highest BCUT2D eigenvalue weighted by atomic mass is 16.5. The van der Waals surface area contributed by atoms with Crippen molar-refractivity contribution < 1.29 is 9.53 Å². The molecule has 140 valence electrons. The Kier molecular flexibility index (Phi) is 13.6. The minimum atomic E-state index is -0.121. The van der Waals surface area contributed by atoms with Crippen LogP contribution in [-0.2, 0) is 16.1 Å². The molecule has 0 bridgehead atoms. The number of ether oxygens (including phenoxy) is 1. The fourth-order valence-corrected chi connectivity index (χ4v) is 2.39. The van der Waals surface area contributed by atoms with Crippen LogP contribution in [0.1, 0.15) is 83.1 Å². The first-order valence-corrected chi connectivity index (χ1v) is 9.83. The highest BCUT2D eigenvalue weighted by molar-refractivity contribution is 5.69. The number of hydrogen-bond donors (Lipinski definition) is 0. The Labute approximate surface area is 158 Å². The van der Waals surface area contributed by atoms with Crippen LogP contribution in [0.2, 0.25) is 0 Å². The summed E-state index contributed by atoms with van der Waals surface area (Å²) in [6, 6.07) is 3.75. The van der Waals surface area contributed by atoms with Gasteiger partial charge in [0.05, 0.1) is 0 Å². The van der Waals surface area contributed by atoms with Gasteiger partial charge in [-0.15, -0.1) is 0 Å². The number of hydrogen-bond acceptors (Lipinski definition) is 3. The van der Waals surface area contributed by atoms with E-state index in [-0.39, 0.29) is 5.97 Å². The van der Waals surface area contributed by atoms with Crippen LogP contribution in [0, 0.1) is 23.7 Å². The van der Waals surface area contributed by atoms with E-state index in [4.69, 9.17) is 4.74 Å². The van der Waals surface area contributed by atoms with Gasteiger partial charge in [0.1, 0.15) is 6.61 Å². The van der Waals surface area contributed by atoms with E-state index in [9.17, 15) is 4.79 Å². The molecule has 0 aliphatic heterocycles. The number of nitrogens with zero attached hydrogens (tertiary/aromatic N) is 1. The number of pyridine rings is 1. The van der Waals surface area contributed by atoms with Gasteiger partial charge in [0.25, 0.3) is 0 Å². The Hall–Kier alpha value is -2.26. The molecule has 3 nitrogen and oxygen atoms in total. The first-order valence-electron chi connectivity index (χ1n) is 9.83. The summed E-state index contributed by atoms with van der Waals surface area (Å²) in [6.07, 6.45) is 14.9. The molecular formula is C23H31NO2. The number of carbonyl (C=O) groups excluding carboxylic acids is 1. The van der Waals surface area contributed by atoms with Gasteiger partial charge in [-0.25, -0.2) is 0 Å². The van der Waals surface area contributed by atoms with E-state index in [1.807, 2.05) is 12.1 Å². The largest absolute Gasteiger partial charge is 0.461 e. The lowest BCUT2D eigenvalue weighted by Crippen LogP contribution is -2.04. The predicted octanol–water partition coefficient (Wildman–Crippen LogP) is 5.44. The molecule has 0 saturated carbocycles. The molecule has 3 heteroatoms. The third kappa shape index (κ3) is 13.1. The fourth-order valence-electron chi connectivity index (χ4n) is 2.39. The van der Waals surface area contributed by atoms with E-state index in [0.717, 1.165) is 44.1 Å². The molecule has 1 aromatic rings. The zero-order valence-electron chi connectivity index (χ0n) is 16.1. The standard InChI is InChI=1S/C23H31NO2/c1-2-3-4-5-6-7-8-9-10-11-12-13-14-15-18-23(25)26-21-22-17-16-19-24-20-22/h16-17,19-20H,2-4,9-15,18,21H2,1H3. The molecule has 1 heterocycles. The highest BCUT2D eigenvalue weighted by Gasteiger charge is 2.03. The number of rotatable bonds is 12. The lowest BCUT2D eigenvalue weighted by atomic mass is 10.1. The van der Waals surface area contributed by atoms with Crippen molar-refractivity contribution in [3.63, 3.8) is 0 Å². The molecule has 0 spiro atoms. The van der Waals surface area contributed by atoms with E-state index in [2.05, 4.69) is 35.6 Å². The minimum Gasteiger partial charge on any atom is -0.461 e. The molecular weight excluding hydrogens is 322 g/mol. The van der Waals surface area contributed by atoms with Crippen LogP contribution in [0.3, 0.4) is 0 Å². The zero-order chi connectivity index (χ0) is 18.7. The molecule has 0 aliphatic rings. The fraction of sp³-hybridized carbons (Fsp3) is 0.565. The summed E-state index contributed by atoms with van der Waals surface area (Å²) in [5, 5.41) is 0. The van der Waals surface area contributed by atoms with Gasteiger partial charge < -0.3 is 4.74 Å². The quantitative estimate of drug-likeness (QED) is 0.285. The van der Waals surface area contributed by atoms with E-state index >= 15 is 0 Å². The van der Waals surface area contributed by atoms with Gasteiger partial charge >= 0.3 is 5.97 Å². The topological polar surface area (TPSA) is 39.2 Å². The Morgan fingerprint density at radius 3 is 2.38 bits per heavy atom. The summed E-state index contributed by atoms with van der Waals surface area (Å²) in [5.41, 5.74) is 0.927. The number of carbonyl (C=O) groups is 1. The van der Waals surface area contributed by atoms with E-state index in [0.29, 0.717) is 13.0 Å². The van der Waals surface area contributed by atoms with Crippen LogP contribution in [0.25, 0.3) is 0 Å². The molecule has 0 atom stereocenters. The maximum absolute atomic E-state index is 11.7. The van der Waals surface area contributed by atoms with Crippen LogP contribution >= 0.6 is 0 Å². The Balaban J connectivity index is 1.89. The maximum Gasteiger partial charge on any atom is 0.306 e. The van der Waals surface area contributed by atoms with Gasteiger partial charge in [-0.2, -0.15) is 0 Å². The smallest absolute Gasteiger partial charge is 0.306 e. The molecule has 0 unspecified atom stereocenters. The Morgan fingerprint density at radius 1 is 1.00 bits per heavy atom. The SMILES string of the molecule is CCCCC#CC#CCCCCCCCCC(=O)OCc1cccnc1. The van der Waals surface area contributed by atoms with Gasteiger partial charge in [0.15, 0.2) is 0 Å². The van der Waals surface area contributed by atoms with E-state index in [1.54, 1.807) is 12.4 Å². The molecule has 0 saturated heterocycles. The monoisotopic (exact) mass is 353 g/mol. The van der Waals surface area contributed by atoms with Crippen molar-refractivity contribution in [2.24, 2.45) is 0 Å². The zero-order valence-corrected chi connectivity index (χ0v) is 16.1. The third-order valence-electron chi connectivity index (χ3n) is 3.95. The van der Waals surface area contributed by atoms with Crippen LogP contribution < -0.4 is 0 Å². The first-order chi connectivity index (χ1) is 12.8. The van der Waals surface area contributed by atoms with Crippen molar-refractivity contribution in [1.82, 2.24) is 4.98 Å². The molecule has 0 aliphatic carbocycles. The molecule has 0 amide bonds. The summed E-state index contributed by atoms with van der Waals surface area (Å²) in [4.78, 5) is 15.7. The van der Waals surface area contributed by atoms with Gasteiger partial charge in [0.2, 0.25) is 0 Å². The van der Waals surface area contributed by atoms with Gasteiger partial charge in [-0.05, 0) is 37.2 Å². The van der Waals surface area contributed by atoms with Crippen molar-refractivity contribution in [2.45, 2.75) is 84.2 Å². The predicted molar refractivity (Wildman–Crippen MR) is 106 cm³/mol. The molecule has 1 rings (SSSR count). The maximum atomic E-state index is 11.7. The molecule has 0 fully saturated rings. The van der Waals surface area contributed by atoms with Crippen LogP contribution in [-0.4, -0.2) is 11.0 Å². The number of unbranched alkanes of at least 4 members (excludes halogenated alkanes) is 8. The lowest BCUT2D eigenvalue weighted by molar-refractivity contribution is -0.145. The van der Waals surface area contributed by atoms with Crippen LogP contribution in [0.15, 0.2) is 24.5 Å². The third-order valence-corrected chi connectivity index (χ3v) is 3.95. The summed E-state index contributed by atoms with van der Waals surface area (Å²) in [5.74, 6) is 11.9. The molecule has 0 N–H and O–H groups in total. The number of aromatic nitrogens is 1. The van der Waals surface area contributed by atoms with Gasteiger partial charge in [0, 0.05) is 37.2 Å². The van der Waals surface area contributed by atoms with Crippen molar-refractivity contribution in [2.75, 3.05) is 0 Å². The number of esters is 1. The van der Waals surface area contributed by atoms with Crippen LogP contribution in [0.5, 0.6) is 0 Å². The summed E-state index contributed by atoms with van der Waals surface area (Å²) >= 11 is 0. The minimum absolute atomic E-state index is 0.121. The first kappa shape index (κ1) is 21.8. The Morgan fingerprint density at radius 2 is 1.69 bits per heavy atom. The van der Waals surface area contributed by atoms with E-state index in [1.165, 1.54) is 25.7 Å².